The molecule has 0 bridgehead atoms. The number of hydrogen-bond donors (Lipinski definition) is 1. The van der Waals surface area contributed by atoms with Crippen molar-refractivity contribution in [2.75, 3.05) is 13.7 Å². The van der Waals surface area contributed by atoms with Gasteiger partial charge in [0.2, 0.25) is 0 Å². The average molecular weight is 393 g/mol. The van der Waals surface area contributed by atoms with E-state index in [-0.39, 0.29) is 18.3 Å². The zero-order valence-corrected chi connectivity index (χ0v) is 16.1. The van der Waals surface area contributed by atoms with Crippen LogP contribution in [0.25, 0.3) is 22.2 Å². The van der Waals surface area contributed by atoms with E-state index in [4.69, 9.17) is 9.15 Å². The van der Waals surface area contributed by atoms with Crippen LogP contribution in [0.2, 0.25) is 0 Å². The summed E-state index contributed by atoms with van der Waals surface area (Å²) in [7, 11) is 3.26. The van der Waals surface area contributed by atoms with Crippen LogP contribution in [0.4, 0.5) is 4.39 Å². The van der Waals surface area contributed by atoms with E-state index < -0.39 is 6.10 Å². The number of furan rings is 1. The van der Waals surface area contributed by atoms with Crippen molar-refractivity contribution >= 4 is 16.9 Å². The van der Waals surface area contributed by atoms with Gasteiger partial charge in [-0.05, 0) is 42.5 Å². The molecule has 1 unspecified atom stereocenters. The number of aryl methyl sites for hydroxylation is 1. The fourth-order valence-corrected chi connectivity index (χ4v) is 3.18. The Labute approximate surface area is 166 Å². The zero-order valence-electron chi connectivity index (χ0n) is 16.1. The maximum Gasteiger partial charge on any atom is 0.269 e. The molecule has 4 rings (SSSR count). The number of rotatable bonds is 6. The number of carbonyl (C=O) groups is 1. The minimum Gasteiger partial charge on any atom is -0.458 e. The van der Waals surface area contributed by atoms with Crippen LogP contribution in [-0.4, -0.2) is 29.3 Å². The van der Waals surface area contributed by atoms with Crippen LogP contribution in [0.3, 0.4) is 0 Å². The summed E-state index contributed by atoms with van der Waals surface area (Å²) in [6, 6.07) is 17.2. The maximum absolute atomic E-state index is 13.1. The molecule has 2 aromatic carbocycles. The molecule has 4 aromatic rings. The van der Waals surface area contributed by atoms with Crippen molar-refractivity contribution in [3.8, 4) is 11.3 Å². The first kappa shape index (κ1) is 18.9. The lowest BCUT2D eigenvalue weighted by Gasteiger charge is -2.13. The van der Waals surface area contributed by atoms with Gasteiger partial charge in [0.05, 0.1) is 12.2 Å². The molecule has 2 heterocycles. The summed E-state index contributed by atoms with van der Waals surface area (Å²) in [6.07, 6.45) is -0.420. The van der Waals surface area contributed by atoms with Crippen molar-refractivity contribution in [2.45, 2.75) is 6.10 Å². The van der Waals surface area contributed by atoms with Crippen LogP contribution in [0.1, 0.15) is 22.4 Å². The van der Waals surface area contributed by atoms with Crippen molar-refractivity contribution in [1.29, 1.82) is 0 Å². The van der Waals surface area contributed by atoms with Crippen molar-refractivity contribution in [1.82, 2.24) is 15.1 Å². The highest BCUT2D eigenvalue weighted by molar-refractivity contribution is 5.93. The van der Waals surface area contributed by atoms with Gasteiger partial charge in [-0.15, -0.1) is 0 Å². The number of methoxy groups -OCH3 is 1. The molecule has 0 aliphatic rings. The van der Waals surface area contributed by atoms with E-state index in [1.165, 1.54) is 16.8 Å². The van der Waals surface area contributed by atoms with Crippen LogP contribution in [0.15, 0.2) is 65.1 Å². The molecule has 7 heteroatoms. The highest BCUT2D eigenvalue weighted by Crippen LogP contribution is 2.25. The molecule has 148 valence electrons. The lowest BCUT2D eigenvalue weighted by molar-refractivity contribution is 0.0742. The molecule has 2 aromatic heterocycles. The Balaban J connectivity index is 1.48. The third-order valence-corrected chi connectivity index (χ3v) is 4.75. The van der Waals surface area contributed by atoms with E-state index in [0.717, 1.165) is 16.5 Å². The zero-order chi connectivity index (χ0) is 20.4. The first-order valence-electron chi connectivity index (χ1n) is 9.14. The highest BCUT2D eigenvalue weighted by atomic mass is 19.1. The molecule has 0 aliphatic carbocycles. The second-order valence-corrected chi connectivity index (χ2v) is 6.67. The van der Waals surface area contributed by atoms with Gasteiger partial charge in [-0.25, -0.2) is 4.39 Å². The maximum atomic E-state index is 13.1. The van der Waals surface area contributed by atoms with E-state index in [0.29, 0.717) is 17.1 Å². The Hall–Kier alpha value is -3.45. The summed E-state index contributed by atoms with van der Waals surface area (Å²) in [5.41, 5.74) is 2.49. The van der Waals surface area contributed by atoms with E-state index in [1.54, 1.807) is 32.4 Å². The smallest absolute Gasteiger partial charge is 0.269 e. The first-order valence-corrected chi connectivity index (χ1v) is 9.14. The molecular weight excluding hydrogens is 373 g/mol. The quantitative estimate of drug-likeness (QED) is 0.536. The van der Waals surface area contributed by atoms with Gasteiger partial charge in [0.1, 0.15) is 29.0 Å². The van der Waals surface area contributed by atoms with Gasteiger partial charge in [0.25, 0.3) is 5.91 Å². The number of nitrogens with zero attached hydrogens (tertiary/aromatic N) is 2. The third kappa shape index (κ3) is 3.90. The Bertz CT molecular complexity index is 1110. The summed E-state index contributed by atoms with van der Waals surface area (Å²) in [4.78, 5) is 12.7. The van der Waals surface area contributed by atoms with Crippen molar-refractivity contribution in [2.24, 2.45) is 7.05 Å². The van der Waals surface area contributed by atoms with E-state index in [1.807, 2.05) is 30.3 Å². The Morgan fingerprint density at radius 1 is 1.21 bits per heavy atom. The highest BCUT2D eigenvalue weighted by Gasteiger charge is 2.19. The molecule has 1 N–H and O–H groups in total. The average Bonchev–Trinajstić information content (AvgIpc) is 3.32. The Morgan fingerprint density at radius 2 is 1.97 bits per heavy atom. The van der Waals surface area contributed by atoms with Crippen LogP contribution in [0, 0.1) is 5.82 Å². The van der Waals surface area contributed by atoms with Crippen LogP contribution >= 0.6 is 0 Å². The van der Waals surface area contributed by atoms with Crippen LogP contribution < -0.4 is 5.32 Å². The molecule has 29 heavy (non-hydrogen) atoms. The number of hydrogen-bond acceptors (Lipinski definition) is 4. The number of carbonyl (C=O) groups excluding carboxylic acids is 1. The summed E-state index contributed by atoms with van der Waals surface area (Å²) >= 11 is 0. The molecule has 6 nitrogen and oxygen atoms in total. The molecule has 0 aliphatic heterocycles. The van der Waals surface area contributed by atoms with E-state index >= 15 is 0 Å². The van der Waals surface area contributed by atoms with Gasteiger partial charge < -0.3 is 14.5 Å². The van der Waals surface area contributed by atoms with Gasteiger partial charge in [-0.3, -0.25) is 9.48 Å². The molecule has 0 radical (unpaired) electrons. The molecule has 0 fully saturated rings. The van der Waals surface area contributed by atoms with Crippen molar-refractivity contribution in [3.63, 3.8) is 0 Å². The number of ether oxygens (including phenoxy) is 1. The number of amides is 1. The van der Waals surface area contributed by atoms with Crippen molar-refractivity contribution < 1.29 is 18.3 Å². The number of benzene rings is 2. The normalized spacial score (nSPS) is 12.2. The number of para-hydroxylation sites is 1. The lowest BCUT2D eigenvalue weighted by Crippen LogP contribution is -2.30. The standard InChI is InChI=1S/C22H20FN3O3/c1-26-18(12-17(25-26)14-7-9-16(23)10-8-14)22(27)24-13-21(28-2)20-11-15-5-3-4-6-19(15)29-20/h3-12,21H,13H2,1-2H3,(H,24,27). The summed E-state index contributed by atoms with van der Waals surface area (Å²) in [5.74, 6) is 0.0383. The summed E-state index contributed by atoms with van der Waals surface area (Å²) < 4.78 is 26.0. The van der Waals surface area contributed by atoms with Crippen LogP contribution in [-0.2, 0) is 11.8 Å². The van der Waals surface area contributed by atoms with Gasteiger partial charge in [0.15, 0.2) is 0 Å². The fraction of sp³-hybridized carbons (Fsp3) is 0.182. The monoisotopic (exact) mass is 393 g/mol. The number of nitrogens with one attached hydrogen (secondary N) is 1. The Kier molecular flexibility index (Phi) is 5.14. The number of halogens is 1. The van der Waals surface area contributed by atoms with E-state index in [9.17, 15) is 9.18 Å². The lowest BCUT2D eigenvalue weighted by atomic mass is 10.1. The second-order valence-electron chi connectivity index (χ2n) is 6.67. The van der Waals surface area contributed by atoms with Gasteiger partial charge in [-0.2, -0.15) is 5.10 Å². The van der Waals surface area contributed by atoms with Gasteiger partial charge in [0, 0.05) is 25.1 Å². The minimum absolute atomic E-state index is 0.242. The molecule has 0 spiro atoms. The van der Waals surface area contributed by atoms with E-state index in [2.05, 4.69) is 10.4 Å². The minimum atomic E-state index is -0.420. The number of fused-ring (bicyclic) bond motifs is 1. The largest absolute Gasteiger partial charge is 0.458 e. The topological polar surface area (TPSA) is 69.3 Å². The predicted octanol–water partition coefficient (Wildman–Crippen LogP) is 4.09. The predicted molar refractivity (Wildman–Crippen MR) is 107 cm³/mol. The van der Waals surface area contributed by atoms with Crippen molar-refractivity contribution in [3.05, 3.63) is 77.9 Å². The fourth-order valence-electron chi connectivity index (χ4n) is 3.18. The number of aromatic nitrogens is 2. The van der Waals surface area contributed by atoms with Gasteiger partial charge >= 0.3 is 0 Å². The summed E-state index contributed by atoms with van der Waals surface area (Å²) in [6.45, 7) is 0.242. The second kappa shape index (κ2) is 7.89. The molecule has 0 saturated heterocycles. The SMILES string of the molecule is COC(CNC(=O)c1cc(-c2ccc(F)cc2)nn1C)c1cc2ccccc2o1. The van der Waals surface area contributed by atoms with Gasteiger partial charge in [-0.1, -0.05) is 18.2 Å². The Morgan fingerprint density at radius 3 is 2.69 bits per heavy atom. The molecule has 0 saturated carbocycles. The third-order valence-electron chi connectivity index (χ3n) is 4.75. The molecule has 1 atom stereocenters. The van der Waals surface area contributed by atoms with Crippen LogP contribution in [0.5, 0.6) is 0 Å². The molecule has 1 amide bonds. The first-order chi connectivity index (χ1) is 14.0. The molecular formula is C22H20FN3O3. The summed E-state index contributed by atoms with van der Waals surface area (Å²) in [5, 5.41) is 8.19.